The van der Waals surface area contributed by atoms with Crippen molar-refractivity contribution in [3.63, 3.8) is 0 Å². The number of hydrogen-bond acceptors (Lipinski definition) is 4. The second-order valence-corrected chi connectivity index (χ2v) is 6.60. The van der Waals surface area contributed by atoms with Crippen molar-refractivity contribution in [1.82, 2.24) is 9.88 Å². The van der Waals surface area contributed by atoms with Crippen LogP contribution >= 0.6 is 0 Å². The standard InChI is InChI=1S/C20H23N3O2/c24-20(23-9-3-6-16-4-1-2-5-17(16)15-23)19-14-18(7-8-21-19)22-10-12-25-13-11-22/h1-2,4-5,7-8,14H,3,6,9-13,15H2. The zero-order valence-corrected chi connectivity index (χ0v) is 14.4. The van der Waals surface area contributed by atoms with Gasteiger partial charge in [0.25, 0.3) is 5.91 Å². The lowest BCUT2D eigenvalue weighted by molar-refractivity contribution is 0.0740. The van der Waals surface area contributed by atoms with Gasteiger partial charge in [-0.1, -0.05) is 24.3 Å². The van der Waals surface area contributed by atoms with Crippen LogP contribution in [0.2, 0.25) is 0 Å². The summed E-state index contributed by atoms with van der Waals surface area (Å²) in [6, 6.07) is 12.3. The van der Waals surface area contributed by atoms with E-state index in [1.165, 1.54) is 11.1 Å². The van der Waals surface area contributed by atoms with Gasteiger partial charge >= 0.3 is 0 Å². The van der Waals surface area contributed by atoms with E-state index >= 15 is 0 Å². The van der Waals surface area contributed by atoms with E-state index in [4.69, 9.17) is 4.74 Å². The maximum Gasteiger partial charge on any atom is 0.272 e. The Hall–Kier alpha value is -2.40. The maximum absolute atomic E-state index is 13.0. The number of ether oxygens (including phenoxy) is 1. The molecular formula is C20H23N3O2. The second-order valence-electron chi connectivity index (χ2n) is 6.60. The zero-order chi connectivity index (χ0) is 17.1. The molecule has 5 nitrogen and oxygen atoms in total. The summed E-state index contributed by atoms with van der Waals surface area (Å²) >= 11 is 0. The van der Waals surface area contributed by atoms with E-state index in [0.717, 1.165) is 51.4 Å². The first kappa shape index (κ1) is 16.1. The summed E-state index contributed by atoms with van der Waals surface area (Å²) in [4.78, 5) is 21.5. The van der Waals surface area contributed by atoms with Crippen LogP contribution in [0, 0.1) is 0 Å². The van der Waals surface area contributed by atoms with Gasteiger partial charge < -0.3 is 14.5 Å². The van der Waals surface area contributed by atoms with Crippen molar-refractivity contribution >= 4 is 11.6 Å². The molecule has 3 heterocycles. The first-order chi connectivity index (χ1) is 12.3. The van der Waals surface area contributed by atoms with Crippen molar-refractivity contribution in [3.8, 4) is 0 Å². The van der Waals surface area contributed by atoms with Crippen molar-refractivity contribution in [2.45, 2.75) is 19.4 Å². The van der Waals surface area contributed by atoms with Crippen LogP contribution in [0.1, 0.15) is 28.0 Å². The Morgan fingerprint density at radius 1 is 1.04 bits per heavy atom. The third-order valence-electron chi connectivity index (χ3n) is 4.98. The normalized spacial score (nSPS) is 17.8. The average molecular weight is 337 g/mol. The Bertz CT molecular complexity index is 756. The molecule has 0 aliphatic carbocycles. The summed E-state index contributed by atoms with van der Waals surface area (Å²) in [5, 5.41) is 0. The summed E-state index contributed by atoms with van der Waals surface area (Å²) < 4.78 is 5.41. The topological polar surface area (TPSA) is 45.7 Å². The number of anilines is 1. The van der Waals surface area contributed by atoms with E-state index in [-0.39, 0.29) is 5.91 Å². The smallest absolute Gasteiger partial charge is 0.272 e. The van der Waals surface area contributed by atoms with Gasteiger partial charge in [-0.15, -0.1) is 0 Å². The third-order valence-corrected chi connectivity index (χ3v) is 4.98. The van der Waals surface area contributed by atoms with E-state index in [0.29, 0.717) is 12.2 Å². The minimum absolute atomic E-state index is 0.0202. The number of morpholine rings is 1. The molecule has 1 fully saturated rings. The molecule has 0 N–H and O–H groups in total. The minimum atomic E-state index is 0.0202. The van der Waals surface area contributed by atoms with Crippen molar-refractivity contribution < 1.29 is 9.53 Å². The molecule has 1 amide bonds. The number of nitrogens with zero attached hydrogens (tertiary/aromatic N) is 3. The van der Waals surface area contributed by atoms with E-state index in [2.05, 4.69) is 28.1 Å². The highest BCUT2D eigenvalue weighted by atomic mass is 16.5. The summed E-state index contributed by atoms with van der Waals surface area (Å²) in [7, 11) is 0. The Morgan fingerprint density at radius 2 is 1.84 bits per heavy atom. The summed E-state index contributed by atoms with van der Waals surface area (Å²) in [6.07, 6.45) is 3.76. The number of pyridine rings is 1. The zero-order valence-electron chi connectivity index (χ0n) is 14.4. The van der Waals surface area contributed by atoms with E-state index in [1.807, 2.05) is 23.1 Å². The number of carbonyl (C=O) groups excluding carboxylic acids is 1. The van der Waals surface area contributed by atoms with Gasteiger partial charge in [0.2, 0.25) is 0 Å². The molecule has 0 atom stereocenters. The van der Waals surface area contributed by atoms with Gasteiger partial charge in [-0.3, -0.25) is 9.78 Å². The Morgan fingerprint density at radius 3 is 2.68 bits per heavy atom. The monoisotopic (exact) mass is 337 g/mol. The van der Waals surface area contributed by atoms with E-state index in [1.54, 1.807) is 6.20 Å². The van der Waals surface area contributed by atoms with Crippen molar-refractivity contribution in [2.24, 2.45) is 0 Å². The van der Waals surface area contributed by atoms with Crippen molar-refractivity contribution in [1.29, 1.82) is 0 Å². The van der Waals surface area contributed by atoms with Crippen LogP contribution in [0.4, 0.5) is 5.69 Å². The van der Waals surface area contributed by atoms with Crippen LogP contribution in [-0.2, 0) is 17.7 Å². The van der Waals surface area contributed by atoms with Crippen LogP contribution in [0.15, 0.2) is 42.6 Å². The number of fused-ring (bicyclic) bond motifs is 1. The molecule has 25 heavy (non-hydrogen) atoms. The number of amides is 1. The van der Waals surface area contributed by atoms with Crippen LogP contribution < -0.4 is 4.90 Å². The molecule has 0 radical (unpaired) electrons. The number of rotatable bonds is 2. The maximum atomic E-state index is 13.0. The van der Waals surface area contributed by atoms with Crippen LogP contribution in [0.3, 0.4) is 0 Å². The summed E-state index contributed by atoms with van der Waals surface area (Å²) in [5.74, 6) is 0.0202. The summed E-state index contributed by atoms with van der Waals surface area (Å²) in [6.45, 7) is 4.61. The molecule has 1 aromatic heterocycles. The molecule has 5 heteroatoms. The molecule has 0 unspecified atom stereocenters. The van der Waals surface area contributed by atoms with E-state index in [9.17, 15) is 4.79 Å². The molecule has 1 saturated heterocycles. The number of aryl methyl sites for hydroxylation is 1. The molecule has 1 aromatic carbocycles. The molecule has 0 spiro atoms. The number of benzene rings is 1. The first-order valence-corrected chi connectivity index (χ1v) is 8.96. The lowest BCUT2D eigenvalue weighted by Gasteiger charge is -2.29. The van der Waals surface area contributed by atoms with Crippen molar-refractivity contribution in [3.05, 3.63) is 59.4 Å². The van der Waals surface area contributed by atoms with Crippen LogP contribution in [0.5, 0.6) is 0 Å². The second kappa shape index (κ2) is 7.23. The number of hydrogen-bond donors (Lipinski definition) is 0. The molecule has 0 saturated carbocycles. The van der Waals surface area contributed by atoms with Crippen molar-refractivity contribution in [2.75, 3.05) is 37.7 Å². The SMILES string of the molecule is O=C(c1cc(N2CCOCC2)ccn1)N1CCCc2ccccc2C1. The minimum Gasteiger partial charge on any atom is -0.378 e. The third kappa shape index (κ3) is 3.51. The molecule has 130 valence electrons. The highest BCUT2D eigenvalue weighted by Crippen LogP contribution is 2.21. The van der Waals surface area contributed by atoms with E-state index < -0.39 is 0 Å². The molecule has 2 aliphatic heterocycles. The van der Waals surface area contributed by atoms with Gasteiger partial charge in [-0.2, -0.15) is 0 Å². The van der Waals surface area contributed by atoms with Gasteiger partial charge in [-0.25, -0.2) is 0 Å². The van der Waals surface area contributed by atoms with Gasteiger partial charge in [-0.05, 0) is 36.1 Å². The fraction of sp³-hybridized carbons (Fsp3) is 0.400. The Balaban J connectivity index is 1.54. The average Bonchev–Trinajstić information content (AvgIpc) is 2.90. The predicted octanol–water partition coefficient (Wildman–Crippen LogP) is 2.51. The predicted molar refractivity (Wildman–Crippen MR) is 96.8 cm³/mol. The molecule has 4 rings (SSSR count). The van der Waals surface area contributed by atoms with Gasteiger partial charge in [0.1, 0.15) is 5.69 Å². The molecule has 2 aromatic rings. The largest absolute Gasteiger partial charge is 0.378 e. The number of carbonyl (C=O) groups is 1. The fourth-order valence-electron chi connectivity index (χ4n) is 3.59. The first-order valence-electron chi connectivity index (χ1n) is 8.96. The highest BCUT2D eigenvalue weighted by Gasteiger charge is 2.22. The Kier molecular flexibility index (Phi) is 4.65. The highest BCUT2D eigenvalue weighted by molar-refractivity contribution is 5.93. The number of aromatic nitrogens is 1. The molecule has 0 bridgehead atoms. The summed E-state index contributed by atoms with van der Waals surface area (Å²) in [5.41, 5.74) is 4.19. The molecule has 2 aliphatic rings. The van der Waals surface area contributed by atoms with Gasteiger partial charge in [0.15, 0.2) is 0 Å². The van der Waals surface area contributed by atoms with Crippen LogP contribution in [-0.4, -0.2) is 48.6 Å². The quantitative estimate of drug-likeness (QED) is 0.845. The van der Waals surface area contributed by atoms with Crippen LogP contribution in [0.25, 0.3) is 0 Å². The van der Waals surface area contributed by atoms with Gasteiger partial charge in [0, 0.05) is 38.1 Å². The van der Waals surface area contributed by atoms with Gasteiger partial charge in [0.05, 0.1) is 13.2 Å². The Labute approximate surface area is 148 Å². The fourth-order valence-corrected chi connectivity index (χ4v) is 3.59. The lowest BCUT2D eigenvalue weighted by atomic mass is 10.0. The molecular weight excluding hydrogens is 314 g/mol. The lowest BCUT2D eigenvalue weighted by Crippen LogP contribution is -2.36.